The fourth-order valence-corrected chi connectivity index (χ4v) is 3.52. The molecular formula is C25H23N. The summed E-state index contributed by atoms with van der Waals surface area (Å²) in [4.78, 5) is 2.37. The average molecular weight is 337 g/mol. The Morgan fingerprint density at radius 1 is 0.577 bits per heavy atom. The van der Waals surface area contributed by atoms with E-state index in [0.29, 0.717) is 0 Å². The summed E-state index contributed by atoms with van der Waals surface area (Å²) in [6.07, 6.45) is 0. The van der Waals surface area contributed by atoms with Crippen LogP contribution in [0.4, 0.5) is 0 Å². The van der Waals surface area contributed by atoms with Gasteiger partial charge in [0.1, 0.15) is 0 Å². The second kappa shape index (κ2) is 7.55. The standard InChI is InChI=1S/C25H23N/c1-26(19-24-12-7-11-23-10-5-6-13-25(23)24)18-20-14-16-22(17-15-20)21-8-3-2-4-9-21/h2-17H,18-19H2,1H3. The van der Waals surface area contributed by atoms with Crippen LogP contribution in [0.1, 0.15) is 11.1 Å². The van der Waals surface area contributed by atoms with Crippen LogP contribution in [0.2, 0.25) is 0 Å². The summed E-state index contributed by atoms with van der Waals surface area (Å²) in [5.74, 6) is 0. The lowest BCUT2D eigenvalue weighted by Crippen LogP contribution is -2.17. The molecule has 0 saturated carbocycles. The molecule has 26 heavy (non-hydrogen) atoms. The number of hydrogen-bond donors (Lipinski definition) is 0. The molecule has 4 aromatic rings. The zero-order valence-corrected chi connectivity index (χ0v) is 15.1. The van der Waals surface area contributed by atoms with Gasteiger partial charge in [-0.15, -0.1) is 0 Å². The molecule has 0 radical (unpaired) electrons. The summed E-state index contributed by atoms with van der Waals surface area (Å²) < 4.78 is 0. The molecule has 1 heteroatoms. The minimum atomic E-state index is 0.943. The monoisotopic (exact) mass is 337 g/mol. The van der Waals surface area contributed by atoms with Crippen molar-refractivity contribution in [3.8, 4) is 11.1 Å². The predicted molar refractivity (Wildman–Crippen MR) is 111 cm³/mol. The zero-order chi connectivity index (χ0) is 17.8. The average Bonchev–Trinajstić information content (AvgIpc) is 2.69. The lowest BCUT2D eigenvalue weighted by atomic mass is 10.0. The van der Waals surface area contributed by atoms with Crippen LogP contribution in [0.5, 0.6) is 0 Å². The molecule has 0 fully saturated rings. The van der Waals surface area contributed by atoms with Crippen molar-refractivity contribution in [3.05, 3.63) is 108 Å². The van der Waals surface area contributed by atoms with Crippen LogP contribution in [0, 0.1) is 0 Å². The lowest BCUT2D eigenvalue weighted by Gasteiger charge is -2.18. The summed E-state index contributed by atoms with van der Waals surface area (Å²) in [5, 5.41) is 2.66. The first-order valence-corrected chi connectivity index (χ1v) is 9.09. The maximum atomic E-state index is 2.37. The molecule has 0 aliphatic heterocycles. The van der Waals surface area contributed by atoms with Gasteiger partial charge in [0, 0.05) is 13.1 Å². The van der Waals surface area contributed by atoms with Crippen molar-refractivity contribution >= 4 is 10.8 Å². The molecule has 0 amide bonds. The minimum Gasteiger partial charge on any atom is -0.298 e. The highest BCUT2D eigenvalue weighted by Gasteiger charge is 2.06. The molecule has 0 aliphatic carbocycles. The molecule has 0 unspecified atom stereocenters. The van der Waals surface area contributed by atoms with Gasteiger partial charge in [-0.05, 0) is 40.1 Å². The van der Waals surface area contributed by atoms with Crippen molar-refractivity contribution in [2.75, 3.05) is 7.05 Å². The van der Waals surface area contributed by atoms with Crippen molar-refractivity contribution < 1.29 is 0 Å². The van der Waals surface area contributed by atoms with Gasteiger partial charge in [0.15, 0.2) is 0 Å². The van der Waals surface area contributed by atoms with Gasteiger partial charge in [-0.25, -0.2) is 0 Å². The number of fused-ring (bicyclic) bond motifs is 1. The van der Waals surface area contributed by atoms with Crippen LogP contribution in [0.3, 0.4) is 0 Å². The van der Waals surface area contributed by atoms with E-state index in [1.807, 2.05) is 0 Å². The number of hydrogen-bond acceptors (Lipinski definition) is 1. The molecule has 4 aromatic carbocycles. The van der Waals surface area contributed by atoms with E-state index in [9.17, 15) is 0 Å². The lowest BCUT2D eigenvalue weighted by molar-refractivity contribution is 0.320. The van der Waals surface area contributed by atoms with Crippen LogP contribution < -0.4 is 0 Å². The first kappa shape index (κ1) is 16.6. The Morgan fingerprint density at radius 2 is 1.23 bits per heavy atom. The first-order chi connectivity index (χ1) is 12.8. The molecule has 128 valence electrons. The Hall–Kier alpha value is -2.90. The molecule has 0 N–H and O–H groups in total. The second-order valence-corrected chi connectivity index (χ2v) is 6.87. The molecule has 0 aromatic heterocycles. The zero-order valence-electron chi connectivity index (χ0n) is 15.1. The topological polar surface area (TPSA) is 3.24 Å². The highest BCUT2D eigenvalue weighted by Crippen LogP contribution is 2.22. The minimum absolute atomic E-state index is 0.943. The summed E-state index contributed by atoms with van der Waals surface area (Å²) in [6, 6.07) is 34.6. The van der Waals surface area contributed by atoms with Crippen LogP contribution in [-0.4, -0.2) is 11.9 Å². The smallest absolute Gasteiger partial charge is 0.0240 e. The van der Waals surface area contributed by atoms with E-state index in [2.05, 4.69) is 109 Å². The van der Waals surface area contributed by atoms with Gasteiger partial charge >= 0.3 is 0 Å². The third-order valence-electron chi connectivity index (χ3n) is 4.83. The summed E-state index contributed by atoms with van der Waals surface area (Å²) >= 11 is 0. The molecule has 0 saturated heterocycles. The van der Waals surface area contributed by atoms with Crippen molar-refractivity contribution in [3.63, 3.8) is 0 Å². The van der Waals surface area contributed by atoms with Crippen molar-refractivity contribution in [1.29, 1.82) is 0 Å². The van der Waals surface area contributed by atoms with E-state index < -0.39 is 0 Å². The largest absolute Gasteiger partial charge is 0.298 e. The van der Waals surface area contributed by atoms with Gasteiger partial charge in [0.25, 0.3) is 0 Å². The predicted octanol–water partition coefficient (Wildman–Crippen LogP) is 6.14. The Morgan fingerprint density at radius 3 is 2.04 bits per heavy atom. The quantitative estimate of drug-likeness (QED) is 0.423. The van der Waals surface area contributed by atoms with E-state index in [1.54, 1.807) is 0 Å². The summed E-state index contributed by atoms with van der Waals surface area (Å²) in [7, 11) is 2.19. The Kier molecular flexibility index (Phi) is 4.81. The molecule has 0 aliphatic rings. The van der Waals surface area contributed by atoms with E-state index in [0.717, 1.165) is 13.1 Å². The van der Waals surface area contributed by atoms with Crippen molar-refractivity contribution in [2.45, 2.75) is 13.1 Å². The van der Waals surface area contributed by atoms with Gasteiger partial charge in [-0.3, -0.25) is 4.90 Å². The SMILES string of the molecule is CN(Cc1ccc(-c2ccccc2)cc1)Cc1cccc2ccccc12. The fraction of sp³-hybridized carbons (Fsp3) is 0.120. The summed E-state index contributed by atoms with van der Waals surface area (Å²) in [6.45, 7) is 1.89. The number of rotatable bonds is 5. The Balaban J connectivity index is 1.47. The molecule has 0 atom stereocenters. The maximum absolute atomic E-state index is 2.37. The molecule has 0 spiro atoms. The highest BCUT2D eigenvalue weighted by atomic mass is 15.1. The van der Waals surface area contributed by atoms with Gasteiger partial charge in [0.2, 0.25) is 0 Å². The number of benzene rings is 4. The Labute approximate surface area is 155 Å². The third-order valence-corrected chi connectivity index (χ3v) is 4.83. The first-order valence-electron chi connectivity index (χ1n) is 9.09. The van der Waals surface area contributed by atoms with Crippen molar-refractivity contribution in [1.82, 2.24) is 4.90 Å². The third kappa shape index (κ3) is 3.68. The molecular weight excluding hydrogens is 314 g/mol. The fourth-order valence-electron chi connectivity index (χ4n) is 3.52. The molecule has 1 nitrogen and oxygen atoms in total. The van der Waals surface area contributed by atoms with Crippen LogP contribution in [0.25, 0.3) is 21.9 Å². The summed E-state index contributed by atoms with van der Waals surface area (Å²) in [5.41, 5.74) is 5.26. The van der Waals surface area contributed by atoms with Gasteiger partial charge < -0.3 is 0 Å². The van der Waals surface area contributed by atoms with Gasteiger partial charge in [-0.1, -0.05) is 97.1 Å². The second-order valence-electron chi connectivity index (χ2n) is 6.87. The molecule has 0 heterocycles. The van der Waals surface area contributed by atoms with Crippen LogP contribution >= 0.6 is 0 Å². The highest BCUT2D eigenvalue weighted by molar-refractivity contribution is 5.85. The van der Waals surface area contributed by atoms with Crippen LogP contribution in [-0.2, 0) is 13.1 Å². The van der Waals surface area contributed by atoms with E-state index in [1.165, 1.54) is 33.0 Å². The van der Waals surface area contributed by atoms with Crippen LogP contribution in [0.15, 0.2) is 97.1 Å². The van der Waals surface area contributed by atoms with E-state index in [-0.39, 0.29) is 0 Å². The van der Waals surface area contributed by atoms with Gasteiger partial charge in [-0.2, -0.15) is 0 Å². The Bertz CT molecular complexity index is 982. The molecule has 4 rings (SSSR count). The number of nitrogens with zero attached hydrogens (tertiary/aromatic N) is 1. The maximum Gasteiger partial charge on any atom is 0.0240 e. The van der Waals surface area contributed by atoms with E-state index in [4.69, 9.17) is 0 Å². The van der Waals surface area contributed by atoms with E-state index >= 15 is 0 Å². The molecule has 0 bridgehead atoms. The van der Waals surface area contributed by atoms with Crippen molar-refractivity contribution in [2.24, 2.45) is 0 Å². The normalized spacial score (nSPS) is 11.2. The van der Waals surface area contributed by atoms with Gasteiger partial charge in [0.05, 0.1) is 0 Å².